The molecule has 126 valence electrons. The molecule has 0 spiro atoms. The van der Waals surface area contributed by atoms with Crippen molar-refractivity contribution in [1.29, 1.82) is 0 Å². The molecule has 5 nitrogen and oxygen atoms in total. The zero-order valence-electron chi connectivity index (χ0n) is 13.9. The van der Waals surface area contributed by atoms with E-state index in [1.54, 1.807) is 7.05 Å². The smallest absolute Gasteiger partial charge is 0.305 e. The van der Waals surface area contributed by atoms with Gasteiger partial charge in [0.2, 0.25) is 0 Å². The molecule has 0 fully saturated rings. The third kappa shape index (κ3) is 15.7. The first kappa shape index (κ1) is 22.7. The first-order valence-corrected chi connectivity index (χ1v) is 7.70. The summed E-state index contributed by atoms with van der Waals surface area (Å²) in [5, 5.41) is 6.57. The van der Waals surface area contributed by atoms with Gasteiger partial charge in [-0.1, -0.05) is 26.7 Å². The highest BCUT2D eigenvalue weighted by Gasteiger charge is 2.01. The Morgan fingerprint density at radius 1 is 1.14 bits per heavy atom. The van der Waals surface area contributed by atoms with Crippen LogP contribution in [0.4, 0.5) is 0 Å². The van der Waals surface area contributed by atoms with Crippen molar-refractivity contribution in [3.63, 3.8) is 0 Å². The Morgan fingerprint density at radius 3 is 2.38 bits per heavy atom. The van der Waals surface area contributed by atoms with Gasteiger partial charge in [0.25, 0.3) is 0 Å². The fourth-order valence-electron chi connectivity index (χ4n) is 1.71. The lowest BCUT2D eigenvalue weighted by atomic mass is 10.1. The van der Waals surface area contributed by atoms with Gasteiger partial charge in [0.1, 0.15) is 0 Å². The van der Waals surface area contributed by atoms with E-state index in [0.29, 0.717) is 18.9 Å². The Morgan fingerprint density at radius 2 is 1.81 bits per heavy atom. The van der Waals surface area contributed by atoms with E-state index in [1.165, 1.54) is 0 Å². The molecule has 0 atom stereocenters. The number of carbonyl (C=O) groups is 1. The van der Waals surface area contributed by atoms with E-state index in [0.717, 1.165) is 44.7 Å². The number of carbonyl (C=O) groups excluding carboxylic acids is 1. The van der Waals surface area contributed by atoms with Gasteiger partial charge >= 0.3 is 5.97 Å². The minimum absolute atomic E-state index is 0. The number of esters is 1. The van der Waals surface area contributed by atoms with Gasteiger partial charge in [-0.3, -0.25) is 9.79 Å². The molecule has 0 aliphatic heterocycles. The SMILES string of the molecule is CCOC(=O)CCCCCCNC(=NC)NCC(C)C.I. The number of unbranched alkanes of at least 4 members (excludes halogenated alkanes) is 3. The van der Waals surface area contributed by atoms with E-state index < -0.39 is 0 Å². The van der Waals surface area contributed by atoms with Crippen LogP contribution in [0, 0.1) is 5.92 Å². The Hall–Kier alpha value is -0.530. The molecule has 21 heavy (non-hydrogen) atoms. The Bertz CT molecular complexity index is 284. The van der Waals surface area contributed by atoms with Gasteiger partial charge < -0.3 is 15.4 Å². The van der Waals surface area contributed by atoms with E-state index in [-0.39, 0.29) is 29.9 Å². The molecule has 0 bridgehead atoms. The standard InChI is InChI=1S/C15H31N3O2.HI/c1-5-20-14(19)10-8-6-7-9-11-17-15(16-4)18-12-13(2)3;/h13H,5-12H2,1-4H3,(H2,16,17,18);1H. The second kappa shape index (κ2) is 15.9. The van der Waals surface area contributed by atoms with Crippen molar-refractivity contribution in [2.45, 2.75) is 52.9 Å². The maximum Gasteiger partial charge on any atom is 0.305 e. The summed E-state index contributed by atoms with van der Waals surface area (Å²) in [7, 11) is 1.79. The van der Waals surface area contributed by atoms with Crippen molar-refractivity contribution in [2.75, 3.05) is 26.7 Å². The van der Waals surface area contributed by atoms with Gasteiger partial charge in [-0.2, -0.15) is 0 Å². The number of ether oxygens (including phenoxy) is 1. The topological polar surface area (TPSA) is 62.7 Å². The lowest BCUT2D eigenvalue weighted by Crippen LogP contribution is -2.39. The summed E-state index contributed by atoms with van der Waals surface area (Å²) in [6, 6.07) is 0. The highest BCUT2D eigenvalue weighted by atomic mass is 127. The van der Waals surface area contributed by atoms with Crippen molar-refractivity contribution in [3.05, 3.63) is 0 Å². The lowest BCUT2D eigenvalue weighted by molar-refractivity contribution is -0.143. The van der Waals surface area contributed by atoms with Gasteiger partial charge in [-0.15, -0.1) is 24.0 Å². The van der Waals surface area contributed by atoms with Crippen LogP contribution in [0.5, 0.6) is 0 Å². The second-order valence-electron chi connectivity index (χ2n) is 5.24. The van der Waals surface area contributed by atoms with Crippen LogP contribution in [-0.4, -0.2) is 38.7 Å². The monoisotopic (exact) mass is 413 g/mol. The van der Waals surface area contributed by atoms with Gasteiger partial charge in [-0.05, 0) is 25.7 Å². The van der Waals surface area contributed by atoms with Crippen molar-refractivity contribution in [2.24, 2.45) is 10.9 Å². The van der Waals surface area contributed by atoms with Crippen LogP contribution in [0.25, 0.3) is 0 Å². The predicted octanol–water partition coefficient (Wildman–Crippen LogP) is 2.94. The lowest BCUT2D eigenvalue weighted by Gasteiger charge is -2.13. The normalized spacial score (nSPS) is 11.0. The van der Waals surface area contributed by atoms with Crippen LogP contribution in [0.2, 0.25) is 0 Å². The minimum atomic E-state index is -0.0797. The Balaban J connectivity index is 0. The van der Waals surface area contributed by atoms with Crippen LogP contribution in [0.3, 0.4) is 0 Å². The molecule has 2 N–H and O–H groups in total. The minimum Gasteiger partial charge on any atom is -0.466 e. The average Bonchev–Trinajstić information content (AvgIpc) is 2.41. The Labute approximate surface area is 146 Å². The summed E-state index contributed by atoms with van der Waals surface area (Å²) in [5.74, 6) is 1.39. The second-order valence-corrected chi connectivity index (χ2v) is 5.24. The number of aliphatic imine (C=N–C) groups is 1. The van der Waals surface area contributed by atoms with E-state index in [2.05, 4.69) is 29.5 Å². The molecule has 0 saturated heterocycles. The summed E-state index contributed by atoms with van der Waals surface area (Å²) in [6.07, 6.45) is 4.73. The number of halogens is 1. The van der Waals surface area contributed by atoms with Gasteiger partial charge in [0.05, 0.1) is 6.61 Å². The molecular weight excluding hydrogens is 381 g/mol. The van der Waals surface area contributed by atoms with Gasteiger partial charge in [-0.25, -0.2) is 0 Å². The quantitative estimate of drug-likeness (QED) is 0.190. The highest BCUT2D eigenvalue weighted by Crippen LogP contribution is 2.03. The molecule has 0 amide bonds. The summed E-state index contributed by atoms with van der Waals surface area (Å²) < 4.78 is 4.89. The summed E-state index contributed by atoms with van der Waals surface area (Å²) in [5.41, 5.74) is 0. The van der Waals surface area contributed by atoms with Crippen molar-refractivity contribution in [3.8, 4) is 0 Å². The fourth-order valence-corrected chi connectivity index (χ4v) is 1.71. The third-order valence-corrected chi connectivity index (χ3v) is 2.81. The number of hydrogen-bond donors (Lipinski definition) is 2. The number of hydrogen-bond acceptors (Lipinski definition) is 3. The molecule has 0 aromatic heterocycles. The van der Waals surface area contributed by atoms with Crippen molar-refractivity contribution < 1.29 is 9.53 Å². The van der Waals surface area contributed by atoms with Crippen LogP contribution < -0.4 is 10.6 Å². The van der Waals surface area contributed by atoms with Crippen LogP contribution in [0.1, 0.15) is 52.9 Å². The van der Waals surface area contributed by atoms with E-state index in [9.17, 15) is 4.79 Å². The van der Waals surface area contributed by atoms with E-state index >= 15 is 0 Å². The van der Waals surface area contributed by atoms with Gasteiger partial charge in [0.15, 0.2) is 5.96 Å². The van der Waals surface area contributed by atoms with Crippen LogP contribution in [0.15, 0.2) is 4.99 Å². The highest BCUT2D eigenvalue weighted by molar-refractivity contribution is 14.0. The average molecular weight is 413 g/mol. The summed E-state index contributed by atoms with van der Waals surface area (Å²) >= 11 is 0. The predicted molar refractivity (Wildman–Crippen MR) is 99.3 cm³/mol. The Kier molecular flexibility index (Phi) is 17.2. The maximum absolute atomic E-state index is 11.1. The fraction of sp³-hybridized carbons (Fsp3) is 0.867. The molecule has 0 radical (unpaired) electrons. The summed E-state index contributed by atoms with van der Waals surface area (Å²) in [4.78, 5) is 15.3. The molecule has 0 aliphatic carbocycles. The molecule has 0 aromatic rings. The zero-order chi connectivity index (χ0) is 15.2. The number of nitrogens with one attached hydrogen (secondary N) is 2. The van der Waals surface area contributed by atoms with E-state index in [4.69, 9.17) is 4.74 Å². The molecule has 0 rings (SSSR count). The number of nitrogens with zero attached hydrogens (tertiary/aromatic N) is 1. The third-order valence-electron chi connectivity index (χ3n) is 2.81. The van der Waals surface area contributed by atoms with Crippen molar-refractivity contribution in [1.82, 2.24) is 10.6 Å². The maximum atomic E-state index is 11.1. The zero-order valence-corrected chi connectivity index (χ0v) is 16.2. The largest absolute Gasteiger partial charge is 0.466 e. The van der Waals surface area contributed by atoms with Gasteiger partial charge in [0, 0.05) is 26.6 Å². The molecule has 0 heterocycles. The first-order valence-electron chi connectivity index (χ1n) is 7.70. The van der Waals surface area contributed by atoms with Crippen LogP contribution >= 0.6 is 24.0 Å². The molecular formula is C15H32IN3O2. The van der Waals surface area contributed by atoms with Crippen LogP contribution in [-0.2, 0) is 9.53 Å². The summed E-state index contributed by atoms with van der Waals surface area (Å²) in [6.45, 7) is 8.50. The number of rotatable bonds is 10. The molecule has 0 saturated carbocycles. The molecule has 6 heteroatoms. The first-order chi connectivity index (χ1) is 9.60. The van der Waals surface area contributed by atoms with E-state index in [1.807, 2.05) is 6.92 Å². The number of guanidine groups is 1. The molecule has 0 unspecified atom stereocenters. The van der Waals surface area contributed by atoms with Crippen molar-refractivity contribution >= 4 is 35.9 Å². The molecule has 0 aromatic carbocycles. The molecule has 0 aliphatic rings.